The molecule has 1 atom stereocenters. The van der Waals surface area contributed by atoms with Crippen LogP contribution in [0.25, 0.3) is 6.08 Å². The first kappa shape index (κ1) is 19.1. The lowest BCUT2D eigenvalue weighted by atomic mass is 9.76. The van der Waals surface area contributed by atoms with Crippen LogP contribution in [0.1, 0.15) is 40.9 Å². The van der Waals surface area contributed by atoms with Crippen LogP contribution >= 0.6 is 15.9 Å². The lowest BCUT2D eigenvalue weighted by molar-refractivity contribution is 0.0573. The lowest BCUT2D eigenvalue weighted by Gasteiger charge is -2.46. The minimum absolute atomic E-state index is 0.00138. The molecule has 30 heavy (non-hydrogen) atoms. The Bertz CT molecular complexity index is 1200. The first-order valence-corrected chi connectivity index (χ1v) is 10.8. The van der Waals surface area contributed by atoms with Crippen LogP contribution in [0.3, 0.4) is 0 Å². The minimum Gasteiger partial charge on any atom is -0.462 e. The standard InChI is InChI=1S/C26H22BrNO2/c1-25(2)20-11-7-8-12-22(20)28(3)26(25)14-13-18-15-19(16-21(27)24(18)30-26)23(29)17-9-5-4-6-10-17/h4-16H,1-3H3. The molecular formula is C26H22BrNO2. The van der Waals surface area contributed by atoms with Crippen LogP contribution in [-0.2, 0) is 5.41 Å². The summed E-state index contributed by atoms with van der Waals surface area (Å²) in [7, 11) is 2.07. The second-order valence-electron chi connectivity index (χ2n) is 8.40. The molecule has 3 nitrogen and oxygen atoms in total. The van der Waals surface area contributed by atoms with Gasteiger partial charge in [-0.2, -0.15) is 0 Å². The fraction of sp³-hybridized carbons (Fsp3) is 0.192. The van der Waals surface area contributed by atoms with E-state index in [0.717, 1.165) is 15.8 Å². The van der Waals surface area contributed by atoms with E-state index < -0.39 is 5.72 Å². The maximum atomic E-state index is 12.9. The largest absolute Gasteiger partial charge is 0.462 e. The predicted octanol–water partition coefficient (Wildman–Crippen LogP) is 6.21. The average molecular weight is 460 g/mol. The van der Waals surface area contributed by atoms with Gasteiger partial charge in [0.25, 0.3) is 0 Å². The molecule has 0 aromatic heterocycles. The molecule has 0 saturated carbocycles. The first-order chi connectivity index (χ1) is 14.3. The summed E-state index contributed by atoms with van der Waals surface area (Å²) in [4.78, 5) is 15.1. The number of rotatable bonds is 2. The Labute approximate surface area is 185 Å². The molecule has 0 bridgehead atoms. The number of halogens is 1. The number of para-hydroxylation sites is 1. The molecular weight excluding hydrogens is 438 g/mol. The molecule has 0 fully saturated rings. The third-order valence-corrected chi connectivity index (χ3v) is 7.04. The molecule has 3 aromatic rings. The number of nitrogens with zero attached hydrogens (tertiary/aromatic N) is 1. The number of fused-ring (bicyclic) bond motifs is 2. The summed E-state index contributed by atoms with van der Waals surface area (Å²) in [6, 6.07) is 21.5. The Morgan fingerprint density at radius 1 is 0.967 bits per heavy atom. The molecule has 2 aliphatic rings. The van der Waals surface area contributed by atoms with Crippen LogP contribution < -0.4 is 9.64 Å². The number of carbonyl (C=O) groups is 1. The SMILES string of the molecule is CN1c2ccccc2C(C)(C)C12C=Cc1cc(C(=O)c3ccccc3)cc(Br)c1O2. The number of ketones is 1. The third kappa shape index (κ3) is 2.53. The van der Waals surface area contributed by atoms with Crippen molar-refractivity contribution in [1.82, 2.24) is 0 Å². The summed E-state index contributed by atoms with van der Waals surface area (Å²) in [6.07, 6.45) is 4.20. The zero-order valence-electron chi connectivity index (χ0n) is 17.1. The second-order valence-corrected chi connectivity index (χ2v) is 9.26. The highest BCUT2D eigenvalue weighted by Gasteiger charge is 2.57. The van der Waals surface area contributed by atoms with Crippen molar-refractivity contribution in [2.75, 3.05) is 11.9 Å². The van der Waals surface area contributed by atoms with Crippen molar-refractivity contribution >= 4 is 33.5 Å². The van der Waals surface area contributed by atoms with Gasteiger partial charge < -0.3 is 9.64 Å². The first-order valence-electron chi connectivity index (χ1n) is 10.00. The normalized spacial score (nSPS) is 20.6. The van der Waals surface area contributed by atoms with E-state index in [1.54, 1.807) is 0 Å². The Kier molecular flexibility index (Phi) is 4.19. The molecule has 0 radical (unpaired) electrons. The molecule has 0 aliphatic carbocycles. The van der Waals surface area contributed by atoms with Crippen LogP contribution in [-0.4, -0.2) is 18.6 Å². The van der Waals surface area contributed by atoms with Crippen molar-refractivity contribution in [1.29, 1.82) is 0 Å². The highest BCUT2D eigenvalue weighted by molar-refractivity contribution is 9.10. The smallest absolute Gasteiger partial charge is 0.211 e. The molecule has 150 valence electrons. The molecule has 0 N–H and O–H groups in total. The van der Waals surface area contributed by atoms with Crippen LogP contribution in [0.5, 0.6) is 5.75 Å². The van der Waals surface area contributed by atoms with E-state index in [1.165, 1.54) is 11.3 Å². The molecule has 5 rings (SSSR count). The second kappa shape index (κ2) is 6.58. The van der Waals surface area contributed by atoms with Gasteiger partial charge in [-0.05, 0) is 65.7 Å². The van der Waals surface area contributed by atoms with E-state index in [2.05, 4.69) is 78.1 Å². The molecule has 3 aromatic carbocycles. The summed E-state index contributed by atoms with van der Waals surface area (Å²) in [5.74, 6) is 0.758. The number of hydrogen-bond donors (Lipinski definition) is 0. The van der Waals surface area contributed by atoms with Crippen molar-refractivity contribution in [2.45, 2.75) is 25.0 Å². The molecule has 1 spiro atoms. The van der Waals surface area contributed by atoms with Crippen LogP contribution in [0, 0.1) is 0 Å². The van der Waals surface area contributed by atoms with Crippen LogP contribution in [0.4, 0.5) is 5.69 Å². The fourth-order valence-electron chi connectivity index (χ4n) is 4.73. The highest BCUT2D eigenvalue weighted by atomic mass is 79.9. The van der Waals surface area contributed by atoms with E-state index in [-0.39, 0.29) is 11.2 Å². The van der Waals surface area contributed by atoms with E-state index in [1.807, 2.05) is 42.5 Å². The molecule has 2 heterocycles. The average Bonchev–Trinajstić information content (AvgIpc) is 2.93. The molecule has 0 amide bonds. The predicted molar refractivity (Wildman–Crippen MR) is 124 cm³/mol. The van der Waals surface area contributed by atoms with Gasteiger partial charge in [0.15, 0.2) is 5.78 Å². The van der Waals surface area contributed by atoms with Crippen molar-refractivity contribution in [3.8, 4) is 5.75 Å². The molecule has 4 heteroatoms. The zero-order valence-corrected chi connectivity index (χ0v) is 18.7. The number of hydrogen-bond acceptors (Lipinski definition) is 3. The van der Waals surface area contributed by atoms with Gasteiger partial charge in [0.1, 0.15) is 5.75 Å². The summed E-state index contributed by atoms with van der Waals surface area (Å²) in [6.45, 7) is 4.43. The topological polar surface area (TPSA) is 29.5 Å². The molecule has 2 aliphatic heterocycles. The van der Waals surface area contributed by atoms with Crippen LogP contribution in [0.2, 0.25) is 0 Å². The van der Waals surface area contributed by atoms with Crippen molar-refractivity contribution < 1.29 is 9.53 Å². The third-order valence-electron chi connectivity index (χ3n) is 6.45. The Balaban J connectivity index is 1.58. The monoisotopic (exact) mass is 459 g/mol. The number of benzene rings is 3. The minimum atomic E-state index is -0.642. The maximum Gasteiger partial charge on any atom is 0.211 e. The summed E-state index contributed by atoms with van der Waals surface area (Å²) in [5, 5.41) is 0. The fourth-order valence-corrected chi connectivity index (χ4v) is 5.28. The number of likely N-dealkylation sites (N-methyl/N-ethyl adjacent to an activating group) is 1. The van der Waals surface area contributed by atoms with Crippen molar-refractivity contribution in [3.63, 3.8) is 0 Å². The zero-order chi connectivity index (χ0) is 21.1. The lowest BCUT2D eigenvalue weighted by Crippen LogP contribution is -2.58. The highest BCUT2D eigenvalue weighted by Crippen LogP contribution is 2.55. The van der Waals surface area contributed by atoms with Gasteiger partial charge in [0.2, 0.25) is 5.72 Å². The Hall–Kier alpha value is -2.85. The van der Waals surface area contributed by atoms with Crippen molar-refractivity contribution in [2.24, 2.45) is 0 Å². The van der Waals surface area contributed by atoms with Gasteiger partial charge in [0.05, 0.1) is 9.89 Å². The van der Waals surface area contributed by atoms with E-state index in [0.29, 0.717) is 11.1 Å². The Morgan fingerprint density at radius 3 is 2.40 bits per heavy atom. The van der Waals surface area contributed by atoms with Gasteiger partial charge in [-0.15, -0.1) is 0 Å². The van der Waals surface area contributed by atoms with Crippen LogP contribution in [0.15, 0.2) is 77.3 Å². The van der Waals surface area contributed by atoms with Gasteiger partial charge in [0, 0.05) is 29.4 Å². The molecule has 0 saturated heterocycles. The molecule has 1 unspecified atom stereocenters. The number of anilines is 1. The van der Waals surface area contributed by atoms with E-state index >= 15 is 0 Å². The number of ether oxygens (including phenoxy) is 1. The van der Waals surface area contributed by atoms with Crippen molar-refractivity contribution in [3.05, 3.63) is 99.5 Å². The maximum absolute atomic E-state index is 12.9. The van der Waals surface area contributed by atoms with E-state index in [9.17, 15) is 4.79 Å². The van der Waals surface area contributed by atoms with Gasteiger partial charge >= 0.3 is 0 Å². The quantitative estimate of drug-likeness (QED) is 0.426. The summed E-state index contributed by atoms with van der Waals surface area (Å²) < 4.78 is 7.52. The van der Waals surface area contributed by atoms with Gasteiger partial charge in [-0.3, -0.25) is 4.79 Å². The van der Waals surface area contributed by atoms with Gasteiger partial charge in [-0.25, -0.2) is 0 Å². The van der Waals surface area contributed by atoms with E-state index in [4.69, 9.17) is 4.74 Å². The number of carbonyl (C=O) groups excluding carboxylic acids is 1. The summed E-state index contributed by atoms with van der Waals surface area (Å²) >= 11 is 3.67. The summed E-state index contributed by atoms with van der Waals surface area (Å²) in [5.41, 5.74) is 3.73. The Morgan fingerprint density at radius 2 is 1.67 bits per heavy atom. The van der Waals surface area contributed by atoms with Gasteiger partial charge in [-0.1, -0.05) is 48.5 Å².